The van der Waals surface area contributed by atoms with E-state index in [9.17, 15) is 5.11 Å². The summed E-state index contributed by atoms with van der Waals surface area (Å²) in [4.78, 5) is 13.6. The van der Waals surface area contributed by atoms with Crippen LogP contribution in [-0.2, 0) is 0 Å². The number of likely N-dealkylation sites (N-methyl/N-ethyl adjacent to an activating group) is 1. The van der Waals surface area contributed by atoms with Gasteiger partial charge < -0.3 is 19.6 Å². The molecule has 174 valence electrons. The van der Waals surface area contributed by atoms with Crippen LogP contribution in [0.3, 0.4) is 0 Å². The van der Waals surface area contributed by atoms with Gasteiger partial charge in [-0.1, -0.05) is 18.2 Å². The van der Waals surface area contributed by atoms with Crippen LogP contribution in [0.1, 0.15) is 48.9 Å². The van der Waals surface area contributed by atoms with Crippen molar-refractivity contribution < 1.29 is 14.2 Å². The Kier molecular flexibility index (Phi) is 6.06. The number of hydrogen-bond acceptors (Lipinski definition) is 6. The van der Waals surface area contributed by atoms with Crippen molar-refractivity contribution in [1.29, 1.82) is 0 Å². The van der Waals surface area contributed by atoms with E-state index in [1.807, 2.05) is 18.2 Å². The highest BCUT2D eigenvalue weighted by molar-refractivity contribution is 5.93. The smallest absolute Gasteiger partial charge is 0.159 e. The van der Waals surface area contributed by atoms with Gasteiger partial charge in [-0.25, -0.2) is 14.4 Å². The second-order valence-electron chi connectivity index (χ2n) is 9.12. The number of hydrogen-bond donors (Lipinski definition) is 1. The van der Waals surface area contributed by atoms with Gasteiger partial charge in [0, 0.05) is 32.6 Å². The summed E-state index contributed by atoms with van der Waals surface area (Å²) in [6.07, 6.45) is 4.11. The molecule has 0 atom stereocenters. The average Bonchev–Trinajstić information content (AvgIpc) is 3.69. The lowest BCUT2D eigenvalue weighted by Crippen LogP contribution is -2.34. The number of aliphatic hydroxyl groups is 1. The molecule has 1 aromatic heterocycles. The number of aliphatic hydroxyl groups excluding tert-OH is 1. The Bertz CT molecular complexity index is 1140. The van der Waals surface area contributed by atoms with E-state index >= 15 is 4.39 Å². The van der Waals surface area contributed by atoms with Crippen LogP contribution in [-0.4, -0.2) is 55.5 Å². The van der Waals surface area contributed by atoms with Crippen molar-refractivity contribution in [3.05, 3.63) is 53.6 Å². The predicted octanol–water partition coefficient (Wildman–Crippen LogP) is 4.47. The summed E-state index contributed by atoms with van der Waals surface area (Å²) in [5, 5.41) is 9.80. The lowest BCUT2D eigenvalue weighted by atomic mass is 9.88. The van der Waals surface area contributed by atoms with Gasteiger partial charge in [-0.2, -0.15) is 0 Å². The highest BCUT2D eigenvalue weighted by Gasteiger charge is 2.31. The molecule has 0 amide bonds. The Hall–Kier alpha value is -2.93. The Morgan fingerprint density at radius 1 is 1.06 bits per heavy atom. The molecule has 6 nitrogen and oxygen atoms in total. The monoisotopic (exact) mass is 450 g/mol. The molecule has 2 aliphatic rings. The SMILES string of the molecule is COc1ccccc1C1CCN(c2nc(C3CC3)nc3ccc(N(C)CCO)c(F)c23)CC1. The van der Waals surface area contributed by atoms with E-state index < -0.39 is 0 Å². The molecule has 1 aliphatic heterocycles. The van der Waals surface area contributed by atoms with E-state index in [0.29, 0.717) is 40.8 Å². The normalized spacial score (nSPS) is 16.9. The molecule has 0 bridgehead atoms. The fourth-order valence-corrected chi connectivity index (χ4v) is 4.90. The van der Waals surface area contributed by atoms with Gasteiger partial charge >= 0.3 is 0 Å². The minimum Gasteiger partial charge on any atom is -0.496 e. The van der Waals surface area contributed by atoms with E-state index in [2.05, 4.69) is 17.0 Å². The number of halogens is 1. The van der Waals surface area contributed by atoms with Gasteiger partial charge in [-0.15, -0.1) is 0 Å². The van der Waals surface area contributed by atoms with Gasteiger partial charge in [0.05, 0.1) is 30.3 Å². The first-order valence-corrected chi connectivity index (χ1v) is 11.8. The number of nitrogens with zero attached hydrogens (tertiary/aromatic N) is 4. The maximum atomic E-state index is 15.8. The van der Waals surface area contributed by atoms with Crippen LogP contribution in [0.25, 0.3) is 10.9 Å². The number of ether oxygens (including phenoxy) is 1. The van der Waals surface area contributed by atoms with Crippen LogP contribution in [0.5, 0.6) is 5.75 Å². The van der Waals surface area contributed by atoms with Gasteiger partial charge in [-0.05, 0) is 55.4 Å². The number of fused-ring (bicyclic) bond motifs is 1. The number of methoxy groups -OCH3 is 1. The number of benzene rings is 2. The van der Waals surface area contributed by atoms with E-state index in [4.69, 9.17) is 14.7 Å². The fourth-order valence-electron chi connectivity index (χ4n) is 4.90. The second kappa shape index (κ2) is 9.14. The highest BCUT2D eigenvalue weighted by Crippen LogP contribution is 2.42. The highest BCUT2D eigenvalue weighted by atomic mass is 19.1. The lowest BCUT2D eigenvalue weighted by Gasteiger charge is -2.34. The van der Waals surface area contributed by atoms with Crippen LogP contribution in [0, 0.1) is 5.82 Å². The number of piperidine rings is 1. The van der Waals surface area contributed by atoms with Crippen molar-refractivity contribution >= 4 is 22.4 Å². The third-order valence-electron chi connectivity index (χ3n) is 6.94. The van der Waals surface area contributed by atoms with Gasteiger partial charge in [0.25, 0.3) is 0 Å². The van der Waals surface area contributed by atoms with Crippen LogP contribution in [0.15, 0.2) is 36.4 Å². The summed E-state index contributed by atoms with van der Waals surface area (Å²) < 4.78 is 21.4. The van der Waals surface area contributed by atoms with Crippen LogP contribution < -0.4 is 14.5 Å². The van der Waals surface area contributed by atoms with E-state index in [1.54, 1.807) is 25.1 Å². The molecule has 1 aliphatic carbocycles. The predicted molar refractivity (Wildman–Crippen MR) is 129 cm³/mol. The van der Waals surface area contributed by atoms with Crippen molar-refractivity contribution in [3.8, 4) is 5.75 Å². The van der Waals surface area contributed by atoms with Crippen LogP contribution >= 0.6 is 0 Å². The zero-order valence-corrected chi connectivity index (χ0v) is 19.3. The lowest BCUT2D eigenvalue weighted by molar-refractivity contribution is 0.304. The minimum atomic E-state index is -0.312. The number of anilines is 2. The molecule has 5 rings (SSSR count). The summed E-state index contributed by atoms with van der Waals surface area (Å²) in [5.41, 5.74) is 2.36. The second-order valence-corrected chi connectivity index (χ2v) is 9.12. The van der Waals surface area contributed by atoms with Gasteiger partial charge in [-0.3, -0.25) is 0 Å². The summed E-state index contributed by atoms with van der Waals surface area (Å²) in [5.74, 6) is 2.95. The Morgan fingerprint density at radius 2 is 1.82 bits per heavy atom. The van der Waals surface area contributed by atoms with Crippen LogP contribution in [0.2, 0.25) is 0 Å². The first-order chi connectivity index (χ1) is 16.1. The maximum Gasteiger partial charge on any atom is 0.159 e. The molecular formula is C26H31FN4O2. The standard InChI is InChI=1S/C26H31FN4O2/c1-30(15-16-32)21-10-9-20-23(24(21)27)26(29-25(28-20)18-7-8-18)31-13-11-17(12-14-31)19-5-3-4-6-22(19)33-2/h3-6,9-10,17-18,32H,7-8,11-16H2,1-2H3. The summed E-state index contributed by atoms with van der Waals surface area (Å²) in [7, 11) is 3.51. The largest absolute Gasteiger partial charge is 0.496 e. The van der Waals surface area contributed by atoms with Crippen molar-refractivity contribution in [2.24, 2.45) is 0 Å². The summed E-state index contributed by atoms with van der Waals surface area (Å²) in [6, 6.07) is 11.9. The first kappa shape index (κ1) is 21.9. The third kappa shape index (κ3) is 4.22. The van der Waals surface area contributed by atoms with E-state index in [-0.39, 0.29) is 12.4 Å². The Labute approximate surface area is 194 Å². The molecule has 2 aromatic carbocycles. The van der Waals surface area contributed by atoms with Crippen molar-refractivity contribution in [2.75, 3.05) is 50.2 Å². The molecule has 1 saturated heterocycles. The molecule has 0 unspecified atom stereocenters. The Balaban J connectivity index is 1.49. The fraction of sp³-hybridized carbons (Fsp3) is 0.462. The number of rotatable bonds is 7. The van der Waals surface area contributed by atoms with Crippen LogP contribution in [0.4, 0.5) is 15.9 Å². The molecule has 3 aromatic rings. The topological polar surface area (TPSA) is 61.7 Å². The summed E-state index contributed by atoms with van der Waals surface area (Å²) >= 11 is 0. The maximum absolute atomic E-state index is 15.8. The zero-order chi connectivity index (χ0) is 22.9. The van der Waals surface area contributed by atoms with E-state index in [1.165, 1.54) is 5.56 Å². The number of para-hydroxylation sites is 1. The molecule has 1 saturated carbocycles. The molecule has 2 heterocycles. The quantitative estimate of drug-likeness (QED) is 0.573. The van der Waals surface area contributed by atoms with Gasteiger partial charge in [0.2, 0.25) is 0 Å². The molecule has 7 heteroatoms. The molecule has 0 radical (unpaired) electrons. The van der Waals surface area contributed by atoms with Crippen molar-refractivity contribution in [3.63, 3.8) is 0 Å². The Morgan fingerprint density at radius 3 is 2.52 bits per heavy atom. The van der Waals surface area contributed by atoms with Gasteiger partial charge in [0.1, 0.15) is 17.4 Å². The average molecular weight is 451 g/mol. The summed E-state index contributed by atoms with van der Waals surface area (Å²) in [6.45, 7) is 1.93. The third-order valence-corrected chi connectivity index (χ3v) is 6.94. The van der Waals surface area contributed by atoms with Gasteiger partial charge in [0.15, 0.2) is 5.82 Å². The molecule has 1 N–H and O–H groups in total. The zero-order valence-electron chi connectivity index (χ0n) is 19.3. The first-order valence-electron chi connectivity index (χ1n) is 11.8. The minimum absolute atomic E-state index is 0.0333. The molecule has 33 heavy (non-hydrogen) atoms. The molecule has 2 fully saturated rings. The van der Waals surface area contributed by atoms with E-state index in [0.717, 1.165) is 50.3 Å². The number of aromatic nitrogens is 2. The van der Waals surface area contributed by atoms with Crippen molar-refractivity contribution in [1.82, 2.24) is 9.97 Å². The molecule has 0 spiro atoms. The molecular weight excluding hydrogens is 419 g/mol. The van der Waals surface area contributed by atoms with Crippen molar-refractivity contribution in [2.45, 2.75) is 37.5 Å².